The van der Waals surface area contributed by atoms with Crippen LogP contribution in [0.15, 0.2) is 95.9 Å². The van der Waals surface area contributed by atoms with Crippen molar-refractivity contribution < 1.29 is 18.3 Å². The summed E-state index contributed by atoms with van der Waals surface area (Å²) in [6.45, 7) is 1.87. The summed E-state index contributed by atoms with van der Waals surface area (Å²) in [7, 11) is -4.09. The number of hydrogen-bond acceptors (Lipinski definition) is 4. The zero-order chi connectivity index (χ0) is 24.6. The molecule has 1 amide bonds. The summed E-state index contributed by atoms with van der Waals surface area (Å²) in [5, 5.41) is 15.9. The normalized spacial score (nSPS) is 14.3. The van der Waals surface area contributed by atoms with Crippen molar-refractivity contribution in [2.75, 3.05) is 5.32 Å². The number of carbonyl (C=O) groups is 1. The van der Waals surface area contributed by atoms with Crippen LogP contribution in [0.2, 0.25) is 0 Å². The summed E-state index contributed by atoms with van der Waals surface area (Å²) in [6.07, 6.45) is 2.71. The number of benzene rings is 3. The molecule has 3 aromatic carbocycles. The molecule has 0 radical (unpaired) electrons. The number of allylic oxidation sites excluding steroid dienone is 1. The van der Waals surface area contributed by atoms with Gasteiger partial charge in [0.25, 0.3) is 10.0 Å². The number of hydrogen-bond donors (Lipinski definition) is 2. The number of nitrogens with zero attached hydrogens (tertiary/aromatic N) is 2. The minimum atomic E-state index is -4.09. The van der Waals surface area contributed by atoms with Crippen molar-refractivity contribution in [3.05, 3.63) is 119 Å². The second-order valence-electron chi connectivity index (χ2n) is 8.51. The molecule has 0 atom stereocenters. The van der Waals surface area contributed by atoms with E-state index in [0.717, 1.165) is 20.8 Å². The van der Waals surface area contributed by atoms with Crippen molar-refractivity contribution in [3.8, 4) is 0 Å². The second-order valence-corrected chi connectivity index (χ2v) is 10.3. The molecule has 7 nitrogen and oxygen atoms in total. The van der Waals surface area contributed by atoms with E-state index in [2.05, 4.69) is 10.4 Å². The second kappa shape index (κ2) is 8.56. The zero-order valence-corrected chi connectivity index (χ0v) is 19.7. The summed E-state index contributed by atoms with van der Waals surface area (Å²) in [6, 6.07) is 26.2. The first-order valence-electron chi connectivity index (χ1n) is 11.1. The minimum absolute atomic E-state index is 0.0193. The maximum Gasteiger partial charge on any atom is 0.410 e. The molecule has 0 saturated heterocycles. The Morgan fingerprint density at radius 1 is 0.943 bits per heavy atom. The Labute approximate surface area is 203 Å². The van der Waals surface area contributed by atoms with Gasteiger partial charge in [0, 0.05) is 17.4 Å². The van der Waals surface area contributed by atoms with Gasteiger partial charge < -0.3 is 5.11 Å². The minimum Gasteiger partial charge on any atom is -0.465 e. The van der Waals surface area contributed by atoms with Crippen LogP contribution < -0.4 is 5.32 Å². The SMILES string of the molecule is Cc1ccc(S(=O)(=O)n2nc(NC(=O)O)c3c2CC(c2ccccc2)(c2ccccc2)C=C3)cc1. The van der Waals surface area contributed by atoms with E-state index in [1.165, 1.54) is 12.1 Å². The number of aromatic nitrogens is 2. The Bertz CT molecular complexity index is 1490. The number of anilines is 1. The van der Waals surface area contributed by atoms with Crippen molar-refractivity contribution in [1.82, 2.24) is 9.19 Å². The van der Waals surface area contributed by atoms with Gasteiger partial charge in [-0.2, -0.15) is 12.5 Å². The summed E-state index contributed by atoms with van der Waals surface area (Å²) in [4.78, 5) is 11.5. The molecular weight excluding hydrogens is 462 g/mol. The maximum absolute atomic E-state index is 13.7. The molecule has 0 bridgehead atoms. The fourth-order valence-corrected chi connectivity index (χ4v) is 5.89. The van der Waals surface area contributed by atoms with E-state index >= 15 is 0 Å². The average molecular weight is 486 g/mol. The van der Waals surface area contributed by atoms with Crippen LogP contribution in [0.4, 0.5) is 10.6 Å². The number of carboxylic acid groups (broad SMARTS) is 1. The molecule has 0 aliphatic heterocycles. The molecule has 0 spiro atoms. The highest BCUT2D eigenvalue weighted by Crippen LogP contribution is 2.43. The first-order valence-corrected chi connectivity index (χ1v) is 12.5. The molecule has 1 aliphatic rings. The van der Waals surface area contributed by atoms with Gasteiger partial charge in [-0.1, -0.05) is 90.5 Å². The lowest BCUT2D eigenvalue weighted by Crippen LogP contribution is -2.32. The van der Waals surface area contributed by atoms with Crippen LogP contribution in [-0.4, -0.2) is 28.8 Å². The van der Waals surface area contributed by atoms with Crippen LogP contribution in [0.1, 0.15) is 27.9 Å². The molecule has 0 unspecified atom stereocenters. The van der Waals surface area contributed by atoms with Crippen molar-refractivity contribution in [2.24, 2.45) is 0 Å². The van der Waals surface area contributed by atoms with Crippen molar-refractivity contribution in [1.29, 1.82) is 0 Å². The van der Waals surface area contributed by atoms with Gasteiger partial charge in [-0.15, -0.1) is 5.10 Å². The molecule has 5 rings (SSSR count). The average Bonchev–Trinajstić information content (AvgIpc) is 3.22. The maximum atomic E-state index is 13.7. The lowest BCUT2D eigenvalue weighted by atomic mass is 9.68. The molecule has 35 heavy (non-hydrogen) atoms. The van der Waals surface area contributed by atoms with Gasteiger partial charge in [-0.05, 0) is 30.2 Å². The predicted octanol–water partition coefficient (Wildman–Crippen LogP) is 5.07. The number of nitrogens with one attached hydrogen (secondary N) is 1. The molecule has 1 heterocycles. The van der Waals surface area contributed by atoms with Crippen LogP contribution in [0.5, 0.6) is 0 Å². The molecule has 1 aromatic heterocycles. The standard InChI is InChI=1S/C27H23N3O4S/c1-19-12-14-22(15-13-19)35(33,34)30-24-18-27(20-8-4-2-5-9-20,21-10-6-3-7-11-21)17-16-23(24)25(29-30)28-26(31)32/h2-17H,18H2,1H3,(H,28,29)(H,31,32). The number of rotatable bonds is 5. The highest BCUT2D eigenvalue weighted by molar-refractivity contribution is 7.89. The van der Waals surface area contributed by atoms with Gasteiger partial charge in [-0.25, -0.2) is 4.79 Å². The Morgan fingerprint density at radius 3 is 2.06 bits per heavy atom. The number of aryl methyl sites for hydroxylation is 1. The first-order chi connectivity index (χ1) is 16.8. The van der Waals surface area contributed by atoms with Gasteiger partial charge in [0.2, 0.25) is 0 Å². The van der Waals surface area contributed by atoms with E-state index in [9.17, 15) is 18.3 Å². The molecular formula is C27H23N3O4S. The third-order valence-electron chi connectivity index (χ3n) is 6.32. The lowest BCUT2D eigenvalue weighted by Gasteiger charge is -2.35. The Balaban J connectivity index is 1.74. The van der Waals surface area contributed by atoms with Crippen LogP contribution in [0.25, 0.3) is 6.08 Å². The number of amides is 1. The van der Waals surface area contributed by atoms with E-state index in [1.807, 2.05) is 73.7 Å². The Morgan fingerprint density at radius 2 is 1.51 bits per heavy atom. The van der Waals surface area contributed by atoms with E-state index in [-0.39, 0.29) is 17.1 Å². The van der Waals surface area contributed by atoms with Crippen LogP contribution in [-0.2, 0) is 21.9 Å². The topological polar surface area (TPSA) is 101 Å². The quantitative estimate of drug-likeness (QED) is 0.411. The van der Waals surface area contributed by atoms with E-state index in [1.54, 1.807) is 18.2 Å². The number of fused-ring (bicyclic) bond motifs is 1. The van der Waals surface area contributed by atoms with Crippen LogP contribution in [0.3, 0.4) is 0 Å². The lowest BCUT2D eigenvalue weighted by molar-refractivity contribution is 0.209. The molecule has 0 saturated carbocycles. The van der Waals surface area contributed by atoms with Gasteiger partial charge in [-0.3, -0.25) is 5.32 Å². The molecule has 176 valence electrons. The molecule has 8 heteroatoms. The Kier molecular flexibility index (Phi) is 5.53. The van der Waals surface area contributed by atoms with E-state index in [4.69, 9.17) is 0 Å². The van der Waals surface area contributed by atoms with E-state index in [0.29, 0.717) is 11.3 Å². The monoisotopic (exact) mass is 485 g/mol. The smallest absolute Gasteiger partial charge is 0.410 e. The summed E-state index contributed by atoms with van der Waals surface area (Å²) >= 11 is 0. The van der Waals surface area contributed by atoms with Crippen molar-refractivity contribution >= 4 is 28.0 Å². The van der Waals surface area contributed by atoms with Gasteiger partial charge in [0.05, 0.1) is 10.6 Å². The zero-order valence-electron chi connectivity index (χ0n) is 18.9. The highest BCUT2D eigenvalue weighted by Gasteiger charge is 2.39. The van der Waals surface area contributed by atoms with E-state index < -0.39 is 21.5 Å². The predicted molar refractivity (Wildman–Crippen MR) is 134 cm³/mol. The molecule has 4 aromatic rings. The van der Waals surface area contributed by atoms with Gasteiger partial charge in [0.15, 0.2) is 5.82 Å². The largest absolute Gasteiger partial charge is 0.465 e. The first kappa shape index (κ1) is 22.6. The fraction of sp³-hybridized carbons (Fsp3) is 0.111. The van der Waals surface area contributed by atoms with Crippen molar-refractivity contribution in [3.63, 3.8) is 0 Å². The van der Waals surface area contributed by atoms with Gasteiger partial charge >= 0.3 is 6.09 Å². The third kappa shape index (κ3) is 3.91. The summed E-state index contributed by atoms with van der Waals surface area (Å²) < 4.78 is 28.4. The fourth-order valence-electron chi connectivity index (χ4n) is 4.57. The highest BCUT2D eigenvalue weighted by atomic mass is 32.2. The third-order valence-corrected chi connectivity index (χ3v) is 7.94. The summed E-state index contributed by atoms with van der Waals surface area (Å²) in [5.41, 5.74) is 3.07. The Hall–Kier alpha value is -4.17. The van der Waals surface area contributed by atoms with Crippen LogP contribution in [0, 0.1) is 6.92 Å². The molecule has 1 aliphatic carbocycles. The van der Waals surface area contributed by atoms with Gasteiger partial charge in [0.1, 0.15) is 0 Å². The molecule has 2 N–H and O–H groups in total. The van der Waals surface area contributed by atoms with Crippen LogP contribution >= 0.6 is 0 Å². The summed E-state index contributed by atoms with van der Waals surface area (Å²) in [5.74, 6) is -0.0193. The molecule has 0 fully saturated rings. The van der Waals surface area contributed by atoms with Crippen molar-refractivity contribution in [2.45, 2.75) is 23.7 Å².